The second-order valence-corrected chi connectivity index (χ2v) is 5.21. The molecule has 0 saturated heterocycles. The van der Waals surface area contributed by atoms with Crippen molar-refractivity contribution in [3.8, 4) is 6.07 Å². The van der Waals surface area contributed by atoms with Gasteiger partial charge in [-0.25, -0.2) is 14.4 Å². The second kappa shape index (κ2) is 5.88. The highest BCUT2D eigenvalue weighted by molar-refractivity contribution is 5.48. The summed E-state index contributed by atoms with van der Waals surface area (Å²) in [4.78, 5) is 8.21. The highest BCUT2D eigenvalue weighted by Crippen LogP contribution is 2.36. The van der Waals surface area contributed by atoms with Gasteiger partial charge in [0.2, 0.25) is 0 Å². The fourth-order valence-electron chi connectivity index (χ4n) is 2.94. The van der Waals surface area contributed by atoms with Crippen LogP contribution in [0.25, 0.3) is 0 Å². The van der Waals surface area contributed by atoms with Gasteiger partial charge >= 0.3 is 0 Å². The molecule has 1 heterocycles. The molecule has 0 spiro atoms. The minimum atomic E-state index is -0.220. The largest absolute Gasteiger partial charge is 0.364 e. The molecule has 1 fully saturated rings. The van der Waals surface area contributed by atoms with Gasteiger partial charge in [0.25, 0.3) is 0 Å². The van der Waals surface area contributed by atoms with E-state index >= 15 is 0 Å². The molecule has 1 N–H and O–H groups in total. The summed E-state index contributed by atoms with van der Waals surface area (Å²) in [5.41, 5.74) is 1.43. The standard InChI is InChI=1S/C16H15FN4/c17-12-6-4-11(5-7-12)13-2-1-3-14(13)21-16-15(10-18)19-8-9-20-16/h4-9,13-14H,1-3H2,(H,20,21). The number of rotatable bonds is 3. The summed E-state index contributed by atoms with van der Waals surface area (Å²) < 4.78 is 13.0. The van der Waals surface area contributed by atoms with E-state index in [0.717, 1.165) is 24.8 Å². The zero-order valence-electron chi connectivity index (χ0n) is 11.5. The molecule has 2 aromatic rings. The van der Waals surface area contributed by atoms with Crippen LogP contribution < -0.4 is 5.32 Å². The maximum Gasteiger partial charge on any atom is 0.182 e. The van der Waals surface area contributed by atoms with Crippen molar-refractivity contribution in [2.75, 3.05) is 5.32 Å². The van der Waals surface area contributed by atoms with Crippen LogP contribution in [0.15, 0.2) is 36.7 Å². The summed E-state index contributed by atoms with van der Waals surface area (Å²) in [6.45, 7) is 0. The quantitative estimate of drug-likeness (QED) is 0.938. The first-order chi connectivity index (χ1) is 10.3. The molecule has 1 aromatic carbocycles. The van der Waals surface area contributed by atoms with Crippen LogP contribution in [0.3, 0.4) is 0 Å². The van der Waals surface area contributed by atoms with E-state index in [-0.39, 0.29) is 11.9 Å². The maximum absolute atomic E-state index is 13.0. The highest BCUT2D eigenvalue weighted by Gasteiger charge is 2.29. The smallest absolute Gasteiger partial charge is 0.182 e. The molecule has 2 unspecified atom stereocenters. The van der Waals surface area contributed by atoms with Crippen molar-refractivity contribution in [1.29, 1.82) is 5.26 Å². The third kappa shape index (κ3) is 2.84. The van der Waals surface area contributed by atoms with E-state index < -0.39 is 0 Å². The minimum Gasteiger partial charge on any atom is -0.364 e. The van der Waals surface area contributed by atoms with Crippen molar-refractivity contribution >= 4 is 5.82 Å². The van der Waals surface area contributed by atoms with E-state index in [1.807, 2.05) is 18.2 Å². The van der Waals surface area contributed by atoms with Gasteiger partial charge in [0.15, 0.2) is 11.5 Å². The monoisotopic (exact) mass is 282 g/mol. The van der Waals surface area contributed by atoms with Gasteiger partial charge < -0.3 is 5.32 Å². The third-order valence-corrected chi connectivity index (χ3v) is 3.94. The molecule has 5 heteroatoms. The molecule has 0 aliphatic heterocycles. The van der Waals surface area contributed by atoms with Crippen LogP contribution >= 0.6 is 0 Å². The summed E-state index contributed by atoms with van der Waals surface area (Å²) in [7, 11) is 0. The lowest BCUT2D eigenvalue weighted by molar-refractivity contribution is 0.618. The molecule has 2 atom stereocenters. The Bertz CT molecular complexity index is 663. The van der Waals surface area contributed by atoms with Gasteiger partial charge in [0.05, 0.1) is 0 Å². The van der Waals surface area contributed by atoms with Gasteiger partial charge in [-0.2, -0.15) is 5.26 Å². The second-order valence-electron chi connectivity index (χ2n) is 5.21. The Balaban J connectivity index is 1.81. The van der Waals surface area contributed by atoms with Crippen LogP contribution in [-0.4, -0.2) is 16.0 Å². The normalized spacial score (nSPS) is 21.0. The van der Waals surface area contributed by atoms with Crippen molar-refractivity contribution in [1.82, 2.24) is 9.97 Å². The Morgan fingerprint density at radius 2 is 1.90 bits per heavy atom. The van der Waals surface area contributed by atoms with E-state index in [4.69, 9.17) is 5.26 Å². The molecule has 106 valence electrons. The Morgan fingerprint density at radius 3 is 2.67 bits per heavy atom. The van der Waals surface area contributed by atoms with E-state index in [1.165, 1.54) is 18.3 Å². The number of nitrogens with one attached hydrogen (secondary N) is 1. The van der Waals surface area contributed by atoms with Gasteiger partial charge in [0.1, 0.15) is 11.9 Å². The Hall–Kier alpha value is -2.48. The van der Waals surface area contributed by atoms with Crippen molar-refractivity contribution in [2.24, 2.45) is 0 Å². The zero-order chi connectivity index (χ0) is 14.7. The van der Waals surface area contributed by atoms with Crippen LogP contribution in [0.2, 0.25) is 0 Å². The summed E-state index contributed by atoms with van der Waals surface area (Å²) in [5.74, 6) is 0.611. The van der Waals surface area contributed by atoms with Crippen molar-refractivity contribution < 1.29 is 4.39 Å². The van der Waals surface area contributed by atoms with Gasteiger partial charge in [-0.15, -0.1) is 0 Å². The Morgan fingerprint density at radius 1 is 1.14 bits per heavy atom. The van der Waals surface area contributed by atoms with Crippen LogP contribution in [0.5, 0.6) is 0 Å². The number of nitrogens with zero attached hydrogens (tertiary/aromatic N) is 3. The molecule has 1 aliphatic rings. The van der Waals surface area contributed by atoms with E-state index in [2.05, 4.69) is 15.3 Å². The minimum absolute atomic E-state index is 0.194. The summed E-state index contributed by atoms with van der Waals surface area (Å²) in [6.07, 6.45) is 6.23. The van der Waals surface area contributed by atoms with Crippen LogP contribution in [0, 0.1) is 17.1 Å². The van der Waals surface area contributed by atoms with E-state index in [0.29, 0.717) is 17.4 Å². The first-order valence-corrected chi connectivity index (χ1v) is 7.01. The molecular formula is C16H15FN4. The zero-order valence-corrected chi connectivity index (χ0v) is 11.5. The molecule has 0 amide bonds. The Kier molecular flexibility index (Phi) is 3.78. The summed E-state index contributed by atoms with van der Waals surface area (Å²) >= 11 is 0. The number of halogens is 1. The van der Waals surface area contributed by atoms with Gasteiger partial charge in [0, 0.05) is 24.4 Å². The molecule has 4 nitrogen and oxygen atoms in total. The number of hydrogen-bond acceptors (Lipinski definition) is 4. The van der Waals surface area contributed by atoms with Gasteiger partial charge in [-0.1, -0.05) is 18.6 Å². The average Bonchev–Trinajstić information content (AvgIpc) is 2.97. The number of nitriles is 1. The van der Waals surface area contributed by atoms with Crippen molar-refractivity contribution in [3.05, 3.63) is 53.7 Å². The molecule has 1 aliphatic carbocycles. The topological polar surface area (TPSA) is 61.6 Å². The molecule has 0 radical (unpaired) electrons. The fourth-order valence-corrected chi connectivity index (χ4v) is 2.94. The molecule has 1 aromatic heterocycles. The lowest BCUT2D eigenvalue weighted by Crippen LogP contribution is -2.24. The number of benzene rings is 1. The molecular weight excluding hydrogens is 267 g/mol. The van der Waals surface area contributed by atoms with E-state index in [9.17, 15) is 4.39 Å². The van der Waals surface area contributed by atoms with Crippen molar-refractivity contribution in [3.63, 3.8) is 0 Å². The number of anilines is 1. The van der Waals surface area contributed by atoms with Gasteiger partial charge in [-0.3, -0.25) is 0 Å². The predicted octanol–water partition coefficient (Wildman–Crippen LogP) is 3.24. The summed E-state index contributed by atoms with van der Waals surface area (Å²) in [5, 5.41) is 12.4. The average molecular weight is 282 g/mol. The lowest BCUT2D eigenvalue weighted by atomic mass is 9.94. The first-order valence-electron chi connectivity index (χ1n) is 7.01. The summed E-state index contributed by atoms with van der Waals surface area (Å²) in [6, 6.07) is 8.90. The highest BCUT2D eigenvalue weighted by atomic mass is 19.1. The first kappa shape index (κ1) is 13.5. The third-order valence-electron chi connectivity index (χ3n) is 3.94. The molecule has 21 heavy (non-hydrogen) atoms. The van der Waals surface area contributed by atoms with Crippen LogP contribution in [0.4, 0.5) is 10.2 Å². The fraction of sp³-hybridized carbons (Fsp3) is 0.312. The van der Waals surface area contributed by atoms with Gasteiger partial charge in [-0.05, 0) is 30.5 Å². The number of hydrogen-bond donors (Lipinski definition) is 1. The number of aromatic nitrogens is 2. The molecule has 3 rings (SSSR count). The van der Waals surface area contributed by atoms with Crippen LogP contribution in [0.1, 0.15) is 36.4 Å². The molecule has 1 saturated carbocycles. The SMILES string of the molecule is N#Cc1nccnc1NC1CCCC1c1ccc(F)cc1. The van der Waals surface area contributed by atoms with Crippen LogP contribution in [-0.2, 0) is 0 Å². The Labute approximate surface area is 122 Å². The lowest BCUT2D eigenvalue weighted by Gasteiger charge is -2.22. The predicted molar refractivity (Wildman–Crippen MR) is 77.1 cm³/mol. The van der Waals surface area contributed by atoms with E-state index in [1.54, 1.807) is 6.20 Å². The maximum atomic E-state index is 13.0. The molecule has 0 bridgehead atoms. The van der Waals surface area contributed by atoms with Crippen molar-refractivity contribution in [2.45, 2.75) is 31.2 Å².